The summed E-state index contributed by atoms with van der Waals surface area (Å²) in [6.45, 7) is 2.26. The zero-order chi connectivity index (χ0) is 11.1. The second-order valence-corrected chi connectivity index (χ2v) is 5.69. The maximum Gasteiger partial charge on any atom is 0.0787 e. The van der Waals surface area contributed by atoms with Gasteiger partial charge in [-0.2, -0.15) is 0 Å². The minimum absolute atomic E-state index is 0.139. The molecule has 0 bridgehead atoms. The molecule has 0 amide bonds. The van der Waals surface area contributed by atoms with Gasteiger partial charge in [0.05, 0.1) is 4.99 Å². The predicted octanol–water partition coefficient (Wildman–Crippen LogP) is 4.19. The number of rotatable bonds is 1. The molecule has 0 unspecified atom stereocenters. The highest BCUT2D eigenvalue weighted by molar-refractivity contribution is 7.80. The molecular weight excluding hydrogens is 202 g/mol. The van der Waals surface area contributed by atoms with E-state index >= 15 is 0 Å². The number of thiocarbonyl (C=S) groups is 1. The third-order valence-corrected chi connectivity index (χ3v) is 4.29. The molecule has 1 rings (SSSR count). The molecule has 0 saturated heterocycles. The molecule has 1 aliphatic carbocycles. The molecule has 1 saturated carbocycles. The first-order chi connectivity index (χ1) is 7.15. The first kappa shape index (κ1) is 13.0. The predicted molar refractivity (Wildman–Crippen MR) is 71.1 cm³/mol. The van der Waals surface area contributed by atoms with Crippen LogP contribution in [0.1, 0.15) is 71.1 Å². The normalized spacial score (nSPS) is 24.1. The molecule has 15 heavy (non-hydrogen) atoms. The Hall–Kier alpha value is -0.110. The highest BCUT2D eigenvalue weighted by Crippen LogP contribution is 2.32. The average Bonchev–Trinajstić information content (AvgIpc) is 2.24. The Bertz CT molecular complexity index is 189. The van der Waals surface area contributed by atoms with Crippen molar-refractivity contribution in [2.45, 2.75) is 71.1 Å². The monoisotopic (exact) mass is 227 g/mol. The minimum atomic E-state index is 0.139. The fourth-order valence-electron chi connectivity index (χ4n) is 2.46. The maximum atomic E-state index is 5.88. The second kappa shape index (κ2) is 6.47. The van der Waals surface area contributed by atoms with E-state index in [9.17, 15) is 0 Å². The quantitative estimate of drug-likeness (QED) is 0.680. The van der Waals surface area contributed by atoms with Gasteiger partial charge in [-0.3, -0.25) is 0 Å². The van der Waals surface area contributed by atoms with E-state index in [0.29, 0.717) is 0 Å². The van der Waals surface area contributed by atoms with Crippen molar-refractivity contribution in [1.82, 2.24) is 0 Å². The average molecular weight is 227 g/mol. The third-order valence-electron chi connectivity index (χ3n) is 3.80. The first-order valence-corrected chi connectivity index (χ1v) is 6.86. The van der Waals surface area contributed by atoms with Crippen LogP contribution in [0.25, 0.3) is 0 Å². The van der Waals surface area contributed by atoms with E-state index in [2.05, 4.69) is 6.92 Å². The molecule has 0 aliphatic heterocycles. The molecule has 0 aromatic carbocycles. The van der Waals surface area contributed by atoms with Crippen molar-refractivity contribution in [2.75, 3.05) is 0 Å². The molecule has 2 N–H and O–H groups in total. The largest absolute Gasteiger partial charge is 0.393 e. The lowest BCUT2D eigenvalue weighted by Gasteiger charge is -2.28. The molecule has 0 spiro atoms. The fraction of sp³-hybridized carbons (Fsp3) is 0.923. The Labute approximate surface area is 99.8 Å². The molecule has 1 aliphatic rings. The van der Waals surface area contributed by atoms with Crippen LogP contribution in [-0.2, 0) is 0 Å². The highest BCUT2D eigenvalue weighted by Gasteiger charge is 2.26. The zero-order valence-corrected chi connectivity index (χ0v) is 10.9. The van der Waals surface area contributed by atoms with Gasteiger partial charge in [-0.15, -0.1) is 0 Å². The van der Waals surface area contributed by atoms with Crippen molar-refractivity contribution in [3.05, 3.63) is 0 Å². The SMILES string of the molecule is CC1(C(N)=S)CCCCCCCCCC1. The first-order valence-electron chi connectivity index (χ1n) is 6.45. The van der Waals surface area contributed by atoms with Crippen LogP contribution >= 0.6 is 12.2 Å². The van der Waals surface area contributed by atoms with Gasteiger partial charge in [-0.25, -0.2) is 0 Å². The summed E-state index contributed by atoms with van der Waals surface area (Å²) in [7, 11) is 0. The Balaban J connectivity index is 2.49. The van der Waals surface area contributed by atoms with E-state index in [1.807, 2.05) is 0 Å². The summed E-state index contributed by atoms with van der Waals surface area (Å²) in [6, 6.07) is 0. The minimum Gasteiger partial charge on any atom is -0.393 e. The summed E-state index contributed by atoms with van der Waals surface area (Å²) >= 11 is 5.22. The summed E-state index contributed by atoms with van der Waals surface area (Å²) < 4.78 is 0. The van der Waals surface area contributed by atoms with Gasteiger partial charge < -0.3 is 5.73 Å². The van der Waals surface area contributed by atoms with Crippen LogP contribution in [0.3, 0.4) is 0 Å². The topological polar surface area (TPSA) is 26.0 Å². The highest BCUT2D eigenvalue weighted by atomic mass is 32.1. The number of hydrogen-bond donors (Lipinski definition) is 1. The molecule has 0 heterocycles. The maximum absolute atomic E-state index is 5.88. The van der Waals surface area contributed by atoms with E-state index in [1.54, 1.807) is 0 Å². The third kappa shape index (κ3) is 4.50. The Morgan fingerprint density at radius 2 is 1.20 bits per heavy atom. The van der Waals surface area contributed by atoms with Crippen LogP contribution in [0.2, 0.25) is 0 Å². The molecule has 2 heteroatoms. The van der Waals surface area contributed by atoms with Crippen molar-refractivity contribution in [3.63, 3.8) is 0 Å². The summed E-state index contributed by atoms with van der Waals surface area (Å²) in [6.07, 6.45) is 13.3. The van der Waals surface area contributed by atoms with Gasteiger partial charge in [-0.05, 0) is 12.8 Å². The second-order valence-electron chi connectivity index (χ2n) is 5.25. The van der Waals surface area contributed by atoms with Gasteiger partial charge in [0.1, 0.15) is 0 Å². The fourth-order valence-corrected chi connectivity index (χ4v) is 2.67. The van der Waals surface area contributed by atoms with E-state index in [0.717, 1.165) is 4.99 Å². The van der Waals surface area contributed by atoms with Crippen LogP contribution in [0.5, 0.6) is 0 Å². The molecule has 1 nitrogen and oxygen atoms in total. The van der Waals surface area contributed by atoms with Gasteiger partial charge in [-0.1, -0.05) is 70.5 Å². The van der Waals surface area contributed by atoms with Crippen molar-refractivity contribution in [1.29, 1.82) is 0 Å². The molecule has 1 fully saturated rings. The molecule has 0 radical (unpaired) electrons. The summed E-state index contributed by atoms with van der Waals surface area (Å²) in [4.78, 5) is 0.738. The van der Waals surface area contributed by atoms with Gasteiger partial charge >= 0.3 is 0 Å². The molecule has 0 atom stereocenters. The van der Waals surface area contributed by atoms with Crippen LogP contribution in [0.4, 0.5) is 0 Å². The molecular formula is C13H25NS. The van der Waals surface area contributed by atoms with Gasteiger partial charge in [0.25, 0.3) is 0 Å². The summed E-state index contributed by atoms with van der Waals surface area (Å²) in [5.74, 6) is 0. The number of nitrogens with two attached hydrogens (primary N) is 1. The van der Waals surface area contributed by atoms with Crippen molar-refractivity contribution in [2.24, 2.45) is 11.1 Å². The van der Waals surface area contributed by atoms with E-state index in [-0.39, 0.29) is 5.41 Å². The Morgan fingerprint density at radius 1 is 0.867 bits per heavy atom. The van der Waals surface area contributed by atoms with Crippen LogP contribution in [-0.4, -0.2) is 4.99 Å². The Kier molecular flexibility index (Phi) is 5.59. The molecule has 0 aromatic heterocycles. The summed E-state index contributed by atoms with van der Waals surface area (Å²) in [5.41, 5.74) is 6.02. The van der Waals surface area contributed by atoms with Crippen LogP contribution in [0, 0.1) is 5.41 Å². The molecule has 0 aromatic rings. The number of hydrogen-bond acceptors (Lipinski definition) is 1. The van der Waals surface area contributed by atoms with Gasteiger partial charge in [0, 0.05) is 5.41 Å². The van der Waals surface area contributed by atoms with Crippen LogP contribution in [0.15, 0.2) is 0 Å². The van der Waals surface area contributed by atoms with Crippen molar-refractivity contribution < 1.29 is 0 Å². The van der Waals surface area contributed by atoms with Gasteiger partial charge in [0.15, 0.2) is 0 Å². The van der Waals surface area contributed by atoms with E-state index in [1.165, 1.54) is 64.2 Å². The lowest BCUT2D eigenvalue weighted by Crippen LogP contribution is -2.32. The van der Waals surface area contributed by atoms with Crippen molar-refractivity contribution in [3.8, 4) is 0 Å². The standard InChI is InChI=1S/C13H25NS/c1-13(12(14)15)10-8-6-4-2-3-5-7-9-11-13/h2-11H2,1H3,(H2,14,15). The van der Waals surface area contributed by atoms with Crippen molar-refractivity contribution >= 4 is 17.2 Å². The molecule has 88 valence electrons. The smallest absolute Gasteiger partial charge is 0.0787 e. The van der Waals surface area contributed by atoms with E-state index in [4.69, 9.17) is 18.0 Å². The van der Waals surface area contributed by atoms with Gasteiger partial charge in [0.2, 0.25) is 0 Å². The lowest BCUT2D eigenvalue weighted by atomic mass is 9.80. The Morgan fingerprint density at radius 3 is 1.53 bits per heavy atom. The van der Waals surface area contributed by atoms with E-state index < -0.39 is 0 Å². The van der Waals surface area contributed by atoms with Crippen LogP contribution < -0.4 is 5.73 Å². The summed E-state index contributed by atoms with van der Waals surface area (Å²) in [5, 5.41) is 0. The zero-order valence-electron chi connectivity index (χ0n) is 10.1. The lowest BCUT2D eigenvalue weighted by molar-refractivity contribution is 0.365.